The number of hydrogen-bond acceptors (Lipinski definition) is 5. The first-order valence-corrected chi connectivity index (χ1v) is 8.45. The summed E-state index contributed by atoms with van der Waals surface area (Å²) in [5, 5.41) is 20.5. The molecule has 1 saturated heterocycles. The second-order valence-corrected chi connectivity index (χ2v) is 6.09. The largest absolute Gasteiger partial charge is 0.456 e. The number of carbonyl (C=O) groups is 1. The fourth-order valence-corrected chi connectivity index (χ4v) is 2.93. The number of aliphatic hydroxyl groups is 2. The van der Waals surface area contributed by atoms with E-state index in [9.17, 15) is 15.0 Å². The summed E-state index contributed by atoms with van der Waals surface area (Å²) in [5.41, 5.74) is 0.436. The quantitative estimate of drug-likeness (QED) is 0.564. The summed E-state index contributed by atoms with van der Waals surface area (Å²) in [5.74, 6) is -0.482. The van der Waals surface area contributed by atoms with E-state index in [1.807, 2.05) is 13.0 Å². The third-order valence-corrected chi connectivity index (χ3v) is 4.36. The van der Waals surface area contributed by atoms with Crippen LogP contribution in [0.4, 0.5) is 0 Å². The summed E-state index contributed by atoms with van der Waals surface area (Å²) >= 11 is 0. The number of esters is 1. The van der Waals surface area contributed by atoms with E-state index < -0.39 is 30.4 Å². The topological polar surface area (TPSA) is 76.0 Å². The fourth-order valence-electron chi connectivity index (χ4n) is 2.93. The predicted molar refractivity (Wildman–Crippen MR) is 90.7 cm³/mol. The summed E-state index contributed by atoms with van der Waals surface area (Å²) in [6.45, 7) is 5.55. The zero-order valence-corrected chi connectivity index (χ0v) is 14.0. The molecule has 1 aromatic rings. The van der Waals surface area contributed by atoms with Crippen molar-refractivity contribution >= 4 is 5.97 Å². The minimum absolute atomic E-state index is 0.274. The molecule has 0 spiro atoms. The Kier molecular flexibility index (Phi) is 6.97. The molecule has 1 fully saturated rings. The van der Waals surface area contributed by atoms with Crippen LogP contribution in [0.2, 0.25) is 0 Å². The molecule has 0 radical (unpaired) electrons. The number of aliphatic hydroxyl groups excluding tert-OH is 2. The first-order valence-electron chi connectivity index (χ1n) is 8.45. The van der Waals surface area contributed by atoms with Crippen LogP contribution in [0.25, 0.3) is 0 Å². The molecule has 0 aliphatic carbocycles. The van der Waals surface area contributed by atoms with Crippen molar-refractivity contribution in [2.45, 2.75) is 63.1 Å². The van der Waals surface area contributed by atoms with Crippen LogP contribution >= 0.6 is 0 Å². The molecule has 2 rings (SSSR count). The molecule has 0 aromatic heterocycles. The summed E-state index contributed by atoms with van der Waals surface area (Å²) < 4.78 is 11.2. The Morgan fingerprint density at radius 1 is 1.33 bits per heavy atom. The molecule has 0 bridgehead atoms. The lowest BCUT2D eigenvalue weighted by atomic mass is 10.0. The highest BCUT2D eigenvalue weighted by Gasteiger charge is 2.38. The molecule has 2 N–H and O–H groups in total. The Balaban J connectivity index is 1.99. The molecule has 5 heteroatoms. The van der Waals surface area contributed by atoms with Crippen LogP contribution in [0, 0.1) is 0 Å². The van der Waals surface area contributed by atoms with E-state index in [0.29, 0.717) is 31.2 Å². The highest BCUT2D eigenvalue weighted by molar-refractivity contribution is 5.89. The first-order chi connectivity index (χ1) is 11.6. The van der Waals surface area contributed by atoms with Crippen LogP contribution in [0.5, 0.6) is 0 Å². The Morgan fingerprint density at radius 3 is 2.62 bits per heavy atom. The molecule has 24 heavy (non-hydrogen) atoms. The second kappa shape index (κ2) is 8.97. The standard InChI is InChI=1S/C19H26O5/c1-3-8-16(24-19(22)13-9-6-5-7-10-13)18(21)17-12-11-15(23-17)14(20)4-2/h3,5-7,9-10,14-18,20-21H,1,4,8,11-12H2,2H3/t14-,15+,16?,17-,18-/m0/s1. The third kappa shape index (κ3) is 4.66. The maximum absolute atomic E-state index is 12.2. The van der Waals surface area contributed by atoms with Crippen LogP contribution in [0.15, 0.2) is 43.0 Å². The van der Waals surface area contributed by atoms with E-state index in [0.717, 1.165) is 0 Å². The number of rotatable bonds is 8. The van der Waals surface area contributed by atoms with E-state index >= 15 is 0 Å². The third-order valence-electron chi connectivity index (χ3n) is 4.36. The molecular formula is C19H26O5. The van der Waals surface area contributed by atoms with E-state index in [4.69, 9.17) is 9.47 Å². The van der Waals surface area contributed by atoms with Gasteiger partial charge in [0.25, 0.3) is 0 Å². The highest BCUT2D eigenvalue weighted by atomic mass is 16.6. The Hall–Kier alpha value is -1.69. The minimum Gasteiger partial charge on any atom is -0.456 e. The number of benzene rings is 1. The molecule has 1 unspecified atom stereocenters. The number of carbonyl (C=O) groups excluding carboxylic acids is 1. The van der Waals surface area contributed by atoms with Crippen LogP contribution in [0.1, 0.15) is 43.0 Å². The maximum Gasteiger partial charge on any atom is 0.338 e. The summed E-state index contributed by atoms with van der Waals surface area (Å²) in [6.07, 6.45) is 0.916. The van der Waals surface area contributed by atoms with Crippen molar-refractivity contribution in [1.82, 2.24) is 0 Å². The van der Waals surface area contributed by atoms with Crippen LogP contribution in [-0.4, -0.2) is 46.7 Å². The van der Waals surface area contributed by atoms with Gasteiger partial charge in [-0.1, -0.05) is 31.2 Å². The smallest absolute Gasteiger partial charge is 0.338 e. The predicted octanol–water partition coefficient (Wildman–Crippen LogP) is 2.47. The lowest BCUT2D eigenvalue weighted by molar-refractivity contribution is -0.109. The zero-order chi connectivity index (χ0) is 17.5. The van der Waals surface area contributed by atoms with Crippen molar-refractivity contribution < 1.29 is 24.5 Å². The van der Waals surface area contributed by atoms with Crippen molar-refractivity contribution in [2.24, 2.45) is 0 Å². The molecular weight excluding hydrogens is 308 g/mol. The average Bonchev–Trinajstić information content (AvgIpc) is 3.10. The van der Waals surface area contributed by atoms with E-state index in [2.05, 4.69) is 6.58 Å². The lowest BCUT2D eigenvalue weighted by Crippen LogP contribution is -2.41. The fraction of sp³-hybridized carbons (Fsp3) is 0.526. The molecule has 0 amide bonds. The molecule has 1 aliphatic heterocycles. The number of ether oxygens (including phenoxy) is 2. The molecule has 1 aliphatic rings. The van der Waals surface area contributed by atoms with Gasteiger partial charge in [-0.25, -0.2) is 4.79 Å². The average molecular weight is 334 g/mol. The van der Waals surface area contributed by atoms with Gasteiger partial charge in [-0.2, -0.15) is 0 Å². The minimum atomic E-state index is -0.954. The van der Waals surface area contributed by atoms with Crippen molar-refractivity contribution in [2.75, 3.05) is 0 Å². The highest BCUT2D eigenvalue weighted by Crippen LogP contribution is 2.28. The molecule has 132 valence electrons. The second-order valence-electron chi connectivity index (χ2n) is 6.09. The Labute approximate surface area is 142 Å². The normalized spacial score (nSPS) is 24.1. The molecule has 1 heterocycles. The van der Waals surface area contributed by atoms with Crippen molar-refractivity contribution in [1.29, 1.82) is 0 Å². The van der Waals surface area contributed by atoms with Gasteiger partial charge in [0.15, 0.2) is 0 Å². The van der Waals surface area contributed by atoms with Crippen molar-refractivity contribution in [3.05, 3.63) is 48.6 Å². The summed E-state index contributed by atoms with van der Waals surface area (Å²) in [4.78, 5) is 12.2. The molecule has 0 saturated carbocycles. The molecule has 5 atom stereocenters. The van der Waals surface area contributed by atoms with Gasteiger partial charge >= 0.3 is 5.97 Å². The first kappa shape index (κ1) is 18.6. The van der Waals surface area contributed by atoms with E-state index in [1.54, 1.807) is 30.3 Å². The number of hydrogen-bond donors (Lipinski definition) is 2. The van der Waals surface area contributed by atoms with Gasteiger partial charge in [-0.15, -0.1) is 6.58 Å². The van der Waals surface area contributed by atoms with Gasteiger partial charge in [0, 0.05) is 6.42 Å². The van der Waals surface area contributed by atoms with Gasteiger partial charge < -0.3 is 19.7 Å². The monoisotopic (exact) mass is 334 g/mol. The van der Waals surface area contributed by atoms with Gasteiger partial charge in [0.2, 0.25) is 0 Å². The summed E-state index contributed by atoms with van der Waals surface area (Å²) in [7, 11) is 0. The van der Waals surface area contributed by atoms with Crippen LogP contribution in [0.3, 0.4) is 0 Å². The Morgan fingerprint density at radius 2 is 2.00 bits per heavy atom. The van der Waals surface area contributed by atoms with E-state index in [1.165, 1.54) is 0 Å². The molecule has 5 nitrogen and oxygen atoms in total. The maximum atomic E-state index is 12.2. The van der Waals surface area contributed by atoms with Gasteiger partial charge in [-0.3, -0.25) is 0 Å². The van der Waals surface area contributed by atoms with Crippen LogP contribution in [-0.2, 0) is 9.47 Å². The Bertz CT molecular complexity index is 530. The molecule has 1 aromatic carbocycles. The van der Waals surface area contributed by atoms with Crippen molar-refractivity contribution in [3.63, 3.8) is 0 Å². The van der Waals surface area contributed by atoms with E-state index in [-0.39, 0.29) is 6.10 Å². The van der Waals surface area contributed by atoms with Crippen molar-refractivity contribution in [3.8, 4) is 0 Å². The zero-order valence-electron chi connectivity index (χ0n) is 14.0. The lowest BCUT2D eigenvalue weighted by Gasteiger charge is -2.27. The van der Waals surface area contributed by atoms with Gasteiger partial charge in [-0.05, 0) is 31.4 Å². The van der Waals surface area contributed by atoms with Crippen LogP contribution < -0.4 is 0 Å². The van der Waals surface area contributed by atoms with Gasteiger partial charge in [0.1, 0.15) is 12.2 Å². The van der Waals surface area contributed by atoms with Gasteiger partial charge in [0.05, 0.1) is 23.9 Å². The summed E-state index contributed by atoms with van der Waals surface area (Å²) in [6, 6.07) is 8.66. The SMILES string of the molecule is C=CCC(OC(=O)c1ccccc1)[C@H](O)[C@@H]1CC[C@H]([C@@H](O)CC)O1.